The first kappa shape index (κ1) is 26.7. The third-order valence-corrected chi connectivity index (χ3v) is 7.98. The third-order valence-electron chi connectivity index (χ3n) is 5.95. The maximum Gasteiger partial charge on any atom is 0.264 e. The van der Waals surface area contributed by atoms with E-state index in [-0.39, 0.29) is 33.8 Å². The summed E-state index contributed by atoms with van der Waals surface area (Å²) in [6.07, 6.45) is 1.82. The fourth-order valence-corrected chi connectivity index (χ4v) is 5.60. The van der Waals surface area contributed by atoms with Gasteiger partial charge in [-0.1, -0.05) is 47.5 Å². The predicted octanol–water partition coefficient (Wildman–Crippen LogP) is 4.39. The Kier molecular flexibility index (Phi) is 8.48. The normalized spacial score (nSPS) is 15.2. The van der Waals surface area contributed by atoms with Crippen LogP contribution in [0.25, 0.3) is 0 Å². The second-order valence-electron chi connectivity index (χ2n) is 8.74. The minimum absolute atomic E-state index is 0.0241. The fourth-order valence-electron chi connectivity index (χ4n) is 4.00. The molecule has 3 aromatic rings. The highest BCUT2D eigenvalue weighted by Crippen LogP contribution is 2.27. The summed E-state index contributed by atoms with van der Waals surface area (Å²) >= 11 is 6.13. The number of carbonyl (C=O) groups excluding carboxylic acids is 2. The maximum atomic E-state index is 13.6. The van der Waals surface area contributed by atoms with Crippen LogP contribution < -0.4 is 14.9 Å². The molecule has 8 nitrogen and oxygen atoms in total. The van der Waals surface area contributed by atoms with Crippen LogP contribution in [0.15, 0.2) is 77.7 Å². The van der Waals surface area contributed by atoms with Crippen LogP contribution in [0.2, 0.25) is 5.02 Å². The number of amides is 2. The number of hydrogen-bond acceptors (Lipinski definition) is 5. The number of benzene rings is 3. The van der Waals surface area contributed by atoms with Crippen molar-refractivity contribution in [2.24, 2.45) is 0 Å². The molecule has 0 aromatic heterocycles. The topological polar surface area (TPSA) is 105 Å². The molecule has 3 aromatic carbocycles. The van der Waals surface area contributed by atoms with Crippen LogP contribution >= 0.6 is 11.6 Å². The molecule has 0 bridgehead atoms. The van der Waals surface area contributed by atoms with Crippen molar-refractivity contribution in [3.05, 3.63) is 88.9 Å². The van der Waals surface area contributed by atoms with Crippen molar-refractivity contribution in [3.8, 4) is 0 Å². The molecule has 1 heterocycles. The van der Waals surface area contributed by atoms with Crippen LogP contribution in [0.5, 0.6) is 0 Å². The monoisotopic (exact) mass is 541 g/mol. The van der Waals surface area contributed by atoms with Crippen molar-refractivity contribution >= 4 is 44.8 Å². The number of nitrogens with one attached hydrogen (secondary N) is 2. The number of para-hydroxylation sites is 1. The van der Waals surface area contributed by atoms with Gasteiger partial charge in [0.2, 0.25) is 5.91 Å². The van der Waals surface area contributed by atoms with Gasteiger partial charge in [0.1, 0.15) is 6.54 Å². The fraction of sp³-hybridized carbons (Fsp3) is 0.259. The second kappa shape index (κ2) is 11.8. The first-order valence-electron chi connectivity index (χ1n) is 11.9. The molecule has 1 saturated heterocycles. The zero-order valence-corrected chi connectivity index (χ0v) is 21.9. The Labute approximate surface area is 221 Å². The zero-order chi connectivity index (χ0) is 26.4. The third kappa shape index (κ3) is 6.68. The first-order chi connectivity index (χ1) is 17.7. The lowest BCUT2D eigenvalue weighted by molar-refractivity contribution is -0.114. The molecule has 1 atom stereocenters. The highest BCUT2D eigenvalue weighted by Gasteiger charge is 2.28. The average Bonchev–Trinajstić information content (AvgIpc) is 3.40. The Morgan fingerprint density at radius 1 is 1.05 bits per heavy atom. The summed E-state index contributed by atoms with van der Waals surface area (Å²) in [6.45, 7) is 2.38. The largest absolute Gasteiger partial charge is 0.376 e. The molecule has 0 aliphatic carbocycles. The quantitative estimate of drug-likeness (QED) is 0.418. The molecule has 1 fully saturated rings. The van der Waals surface area contributed by atoms with Gasteiger partial charge < -0.3 is 15.4 Å². The molecule has 0 spiro atoms. The number of carbonyl (C=O) groups is 2. The van der Waals surface area contributed by atoms with E-state index in [9.17, 15) is 18.0 Å². The van der Waals surface area contributed by atoms with Gasteiger partial charge in [-0.2, -0.15) is 0 Å². The van der Waals surface area contributed by atoms with Crippen molar-refractivity contribution in [2.45, 2.75) is 30.8 Å². The molecule has 1 aliphatic rings. The van der Waals surface area contributed by atoms with Crippen LogP contribution in [-0.4, -0.2) is 46.0 Å². The summed E-state index contributed by atoms with van der Waals surface area (Å²) in [6, 6.07) is 19.2. The molecule has 1 aliphatic heterocycles. The van der Waals surface area contributed by atoms with Crippen molar-refractivity contribution in [2.75, 3.05) is 29.3 Å². The van der Waals surface area contributed by atoms with Gasteiger partial charge in [-0.15, -0.1) is 0 Å². The van der Waals surface area contributed by atoms with Gasteiger partial charge in [-0.25, -0.2) is 8.42 Å². The van der Waals surface area contributed by atoms with Gasteiger partial charge >= 0.3 is 0 Å². The lowest BCUT2D eigenvalue weighted by Crippen LogP contribution is -2.38. The minimum atomic E-state index is -4.10. The summed E-state index contributed by atoms with van der Waals surface area (Å²) in [7, 11) is -4.10. The summed E-state index contributed by atoms with van der Waals surface area (Å²) < 4.78 is 33.7. The highest BCUT2D eigenvalue weighted by molar-refractivity contribution is 7.92. The molecular formula is C27H28ClN3O5S. The van der Waals surface area contributed by atoms with Crippen molar-refractivity contribution in [3.63, 3.8) is 0 Å². The summed E-state index contributed by atoms with van der Waals surface area (Å²) in [5, 5.41) is 5.87. The average molecular weight is 542 g/mol. The number of hydrogen-bond donors (Lipinski definition) is 2. The molecule has 0 unspecified atom stereocenters. The second-order valence-corrected chi connectivity index (χ2v) is 11.0. The van der Waals surface area contributed by atoms with Crippen LogP contribution in [0.3, 0.4) is 0 Å². The highest BCUT2D eigenvalue weighted by atomic mass is 35.5. The Hall–Kier alpha value is -3.40. The summed E-state index contributed by atoms with van der Waals surface area (Å²) in [4.78, 5) is 26.0. The minimum Gasteiger partial charge on any atom is -0.376 e. The maximum absolute atomic E-state index is 13.6. The van der Waals surface area contributed by atoms with Crippen LogP contribution in [0, 0.1) is 6.92 Å². The van der Waals surface area contributed by atoms with E-state index in [0.717, 1.165) is 22.7 Å². The number of nitrogens with zero attached hydrogens (tertiary/aromatic N) is 1. The van der Waals surface area contributed by atoms with E-state index in [1.54, 1.807) is 54.6 Å². The van der Waals surface area contributed by atoms with Gasteiger partial charge in [-0.3, -0.25) is 13.9 Å². The van der Waals surface area contributed by atoms with E-state index in [2.05, 4.69) is 10.6 Å². The molecule has 0 saturated carbocycles. The molecule has 2 amide bonds. The van der Waals surface area contributed by atoms with Gasteiger partial charge in [0, 0.05) is 18.2 Å². The summed E-state index contributed by atoms with van der Waals surface area (Å²) in [5.41, 5.74) is 1.69. The zero-order valence-electron chi connectivity index (χ0n) is 20.3. The van der Waals surface area contributed by atoms with Gasteiger partial charge in [0.05, 0.1) is 27.9 Å². The molecule has 10 heteroatoms. The standard InChI is InChI=1S/C27H28ClN3O5S/c1-19-11-13-23(14-12-19)37(34,35)31(21-7-4-6-20(28)16-21)18-26(32)30-25-10-3-2-9-24(25)27(33)29-17-22-8-5-15-36-22/h2-4,6-7,9-14,16,22H,5,8,15,17-18H2,1H3,(H,29,33)(H,30,32)/t22-/m1/s1. The number of ether oxygens (including phenoxy) is 1. The Morgan fingerprint density at radius 3 is 2.51 bits per heavy atom. The lowest BCUT2D eigenvalue weighted by Gasteiger charge is -2.24. The summed E-state index contributed by atoms with van der Waals surface area (Å²) in [5.74, 6) is -0.972. The van der Waals surface area contributed by atoms with E-state index in [1.807, 2.05) is 6.92 Å². The molecule has 37 heavy (non-hydrogen) atoms. The SMILES string of the molecule is Cc1ccc(S(=O)(=O)N(CC(=O)Nc2ccccc2C(=O)NC[C@H]2CCCO2)c2cccc(Cl)c2)cc1. The molecule has 4 rings (SSSR count). The van der Waals surface area contributed by atoms with Gasteiger partial charge in [0.25, 0.3) is 15.9 Å². The van der Waals surface area contributed by atoms with Crippen molar-refractivity contribution in [1.82, 2.24) is 5.32 Å². The van der Waals surface area contributed by atoms with Crippen LogP contribution in [0.1, 0.15) is 28.8 Å². The first-order valence-corrected chi connectivity index (χ1v) is 13.7. The molecule has 0 radical (unpaired) electrons. The lowest BCUT2D eigenvalue weighted by atomic mass is 10.1. The van der Waals surface area contributed by atoms with E-state index in [0.29, 0.717) is 18.2 Å². The number of sulfonamides is 1. The Bertz CT molecular complexity index is 1370. The van der Waals surface area contributed by atoms with E-state index < -0.39 is 22.5 Å². The number of aryl methyl sites for hydroxylation is 1. The van der Waals surface area contributed by atoms with Gasteiger partial charge in [0.15, 0.2) is 0 Å². The number of rotatable bonds is 9. The van der Waals surface area contributed by atoms with E-state index in [1.165, 1.54) is 18.2 Å². The molecular weight excluding hydrogens is 514 g/mol. The number of halogens is 1. The molecule has 2 N–H and O–H groups in total. The Balaban J connectivity index is 1.55. The number of anilines is 2. The van der Waals surface area contributed by atoms with E-state index >= 15 is 0 Å². The molecule has 194 valence electrons. The van der Waals surface area contributed by atoms with E-state index in [4.69, 9.17) is 16.3 Å². The van der Waals surface area contributed by atoms with Crippen molar-refractivity contribution < 1.29 is 22.7 Å². The Morgan fingerprint density at radius 2 is 1.81 bits per heavy atom. The predicted molar refractivity (Wildman–Crippen MR) is 144 cm³/mol. The van der Waals surface area contributed by atoms with Crippen LogP contribution in [-0.2, 0) is 19.6 Å². The van der Waals surface area contributed by atoms with Crippen molar-refractivity contribution in [1.29, 1.82) is 0 Å². The van der Waals surface area contributed by atoms with Crippen LogP contribution in [0.4, 0.5) is 11.4 Å². The smallest absolute Gasteiger partial charge is 0.264 e. The van der Waals surface area contributed by atoms with Gasteiger partial charge in [-0.05, 0) is 62.2 Å².